The van der Waals surface area contributed by atoms with Crippen molar-refractivity contribution in [2.24, 2.45) is 4.99 Å². The number of aliphatic imine (C=N–C) groups is 1. The Kier molecular flexibility index (Phi) is 11.9. The molecule has 0 amide bonds. The molecule has 0 heterocycles. The number of nitrogens with one attached hydrogen (secondary N) is 2. The molecular formula is C21H28F2IN3O3. The molecule has 9 heteroatoms. The number of benzene rings is 2. The van der Waals surface area contributed by atoms with Crippen molar-refractivity contribution >= 4 is 29.9 Å². The van der Waals surface area contributed by atoms with Crippen LogP contribution in [0.3, 0.4) is 0 Å². The van der Waals surface area contributed by atoms with E-state index in [4.69, 9.17) is 9.47 Å². The molecule has 0 spiro atoms. The lowest BCUT2D eigenvalue weighted by Gasteiger charge is -2.13. The Morgan fingerprint density at radius 3 is 2.47 bits per heavy atom. The summed E-state index contributed by atoms with van der Waals surface area (Å²) in [6.07, 6.45) is 0.604. The molecule has 6 nitrogen and oxygen atoms in total. The Bertz CT molecular complexity index is 807. The summed E-state index contributed by atoms with van der Waals surface area (Å²) in [5.41, 5.74) is 1.88. The van der Waals surface area contributed by atoms with E-state index in [9.17, 15) is 8.78 Å². The highest BCUT2D eigenvalue weighted by Gasteiger charge is 2.11. The lowest BCUT2D eigenvalue weighted by molar-refractivity contribution is -0.0512. The van der Waals surface area contributed by atoms with Crippen LogP contribution in [0, 0.1) is 0 Å². The van der Waals surface area contributed by atoms with Gasteiger partial charge in [-0.15, -0.1) is 24.0 Å². The third kappa shape index (κ3) is 8.60. The van der Waals surface area contributed by atoms with Crippen LogP contribution < -0.4 is 24.8 Å². The van der Waals surface area contributed by atoms with Gasteiger partial charge >= 0.3 is 6.61 Å². The van der Waals surface area contributed by atoms with Crippen LogP contribution in [-0.4, -0.2) is 39.9 Å². The summed E-state index contributed by atoms with van der Waals surface area (Å²) in [5, 5.41) is 6.43. The average molecular weight is 535 g/mol. The monoisotopic (exact) mass is 535 g/mol. The van der Waals surface area contributed by atoms with Crippen LogP contribution in [0.25, 0.3) is 0 Å². The Labute approximate surface area is 193 Å². The molecule has 2 rings (SSSR count). The smallest absolute Gasteiger partial charge is 0.387 e. The van der Waals surface area contributed by atoms with E-state index in [1.54, 1.807) is 19.2 Å². The van der Waals surface area contributed by atoms with Crippen molar-refractivity contribution in [3.05, 3.63) is 53.6 Å². The lowest BCUT2D eigenvalue weighted by atomic mass is 10.1. The molecule has 0 fully saturated rings. The summed E-state index contributed by atoms with van der Waals surface area (Å²) >= 11 is 0. The minimum Gasteiger partial charge on any atom is -0.497 e. The molecule has 2 N–H and O–H groups in total. The Balaban J connectivity index is 0.00000450. The van der Waals surface area contributed by atoms with Crippen LogP contribution >= 0.6 is 24.0 Å². The van der Waals surface area contributed by atoms with Gasteiger partial charge in [0.25, 0.3) is 0 Å². The van der Waals surface area contributed by atoms with Crippen molar-refractivity contribution < 1.29 is 23.0 Å². The zero-order valence-electron chi connectivity index (χ0n) is 17.3. The molecule has 0 saturated carbocycles. The van der Waals surface area contributed by atoms with Crippen molar-refractivity contribution in [3.8, 4) is 17.2 Å². The highest BCUT2D eigenvalue weighted by molar-refractivity contribution is 14.0. The number of halogens is 3. The second kappa shape index (κ2) is 13.8. The highest BCUT2D eigenvalue weighted by Crippen LogP contribution is 2.29. The zero-order valence-corrected chi connectivity index (χ0v) is 19.6. The topological polar surface area (TPSA) is 64.1 Å². The third-order valence-corrected chi connectivity index (χ3v) is 4.05. The van der Waals surface area contributed by atoms with Crippen molar-refractivity contribution in [2.75, 3.05) is 27.3 Å². The van der Waals surface area contributed by atoms with E-state index in [-0.39, 0.29) is 35.5 Å². The van der Waals surface area contributed by atoms with Crippen molar-refractivity contribution in [1.29, 1.82) is 0 Å². The molecule has 0 aromatic heterocycles. The van der Waals surface area contributed by atoms with Crippen LogP contribution in [0.5, 0.6) is 17.2 Å². The lowest BCUT2D eigenvalue weighted by Crippen LogP contribution is -2.38. The van der Waals surface area contributed by atoms with Crippen molar-refractivity contribution in [3.63, 3.8) is 0 Å². The summed E-state index contributed by atoms with van der Waals surface area (Å²) in [4.78, 5) is 4.57. The first-order valence-electron chi connectivity index (χ1n) is 9.32. The number of alkyl halides is 2. The van der Waals surface area contributed by atoms with Crippen LogP contribution in [0.4, 0.5) is 8.78 Å². The summed E-state index contributed by atoms with van der Waals surface area (Å²) in [6.45, 7) is 0.881. The SMILES string of the molecule is CCNC(=NCc1cccc(OC)c1)NCCc1ccc(OC)c(OC(F)F)c1.I. The molecule has 0 unspecified atom stereocenters. The van der Waals surface area contributed by atoms with Gasteiger partial charge in [0, 0.05) is 13.1 Å². The van der Waals surface area contributed by atoms with Crippen LogP contribution in [0.2, 0.25) is 0 Å². The van der Waals surface area contributed by atoms with Gasteiger partial charge in [-0.2, -0.15) is 8.78 Å². The van der Waals surface area contributed by atoms with Gasteiger partial charge in [0.1, 0.15) is 5.75 Å². The Morgan fingerprint density at radius 2 is 1.80 bits per heavy atom. The molecule has 166 valence electrons. The van der Waals surface area contributed by atoms with Crippen LogP contribution in [0.1, 0.15) is 18.1 Å². The van der Waals surface area contributed by atoms with E-state index >= 15 is 0 Å². The van der Waals surface area contributed by atoms with Crippen molar-refractivity contribution in [1.82, 2.24) is 10.6 Å². The van der Waals surface area contributed by atoms with Gasteiger partial charge in [0.05, 0.1) is 20.8 Å². The molecule has 0 aliphatic rings. The molecule has 0 aliphatic heterocycles. The molecular weight excluding hydrogens is 507 g/mol. The normalized spacial score (nSPS) is 10.9. The third-order valence-electron chi connectivity index (χ3n) is 4.05. The molecule has 0 aliphatic carbocycles. The number of guanidine groups is 1. The van der Waals surface area contributed by atoms with Gasteiger partial charge in [0.15, 0.2) is 17.5 Å². The van der Waals surface area contributed by atoms with E-state index in [0.29, 0.717) is 25.5 Å². The number of nitrogens with zero attached hydrogens (tertiary/aromatic N) is 1. The second-order valence-electron chi connectivity index (χ2n) is 6.09. The average Bonchev–Trinajstić information content (AvgIpc) is 2.72. The predicted molar refractivity (Wildman–Crippen MR) is 125 cm³/mol. The van der Waals surface area contributed by atoms with Gasteiger partial charge in [-0.1, -0.05) is 18.2 Å². The van der Waals surface area contributed by atoms with E-state index < -0.39 is 6.61 Å². The number of hydrogen-bond donors (Lipinski definition) is 2. The summed E-state index contributed by atoms with van der Waals surface area (Å²) in [5.74, 6) is 1.76. The summed E-state index contributed by atoms with van der Waals surface area (Å²) in [6, 6.07) is 12.7. The second-order valence-corrected chi connectivity index (χ2v) is 6.09. The van der Waals surface area contributed by atoms with Gasteiger partial charge < -0.3 is 24.8 Å². The number of ether oxygens (including phenoxy) is 3. The predicted octanol–water partition coefficient (Wildman–Crippen LogP) is 4.22. The van der Waals surface area contributed by atoms with Gasteiger partial charge in [-0.3, -0.25) is 0 Å². The largest absolute Gasteiger partial charge is 0.497 e. The molecule has 2 aromatic rings. The first-order valence-corrected chi connectivity index (χ1v) is 9.32. The molecule has 0 saturated heterocycles. The quantitative estimate of drug-likeness (QED) is 0.271. The van der Waals surface area contributed by atoms with Gasteiger partial charge in [0.2, 0.25) is 0 Å². The Hall–Kier alpha value is -2.30. The van der Waals surface area contributed by atoms with Gasteiger partial charge in [-0.25, -0.2) is 4.99 Å². The maximum absolute atomic E-state index is 12.6. The van der Waals surface area contributed by atoms with E-state index in [0.717, 1.165) is 23.4 Å². The van der Waals surface area contributed by atoms with E-state index in [1.807, 2.05) is 37.3 Å². The summed E-state index contributed by atoms with van der Waals surface area (Å²) in [7, 11) is 3.04. The molecule has 0 atom stereocenters. The number of rotatable bonds is 10. The maximum Gasteiger partial charge on any atom is 0.387 e. The number of hydrogen-bond acceptors (Lipinski definition) is 4. The first-order chi connectivity index (χ1) is 14.0. The molecule has 30 heavy (non-hydrogen) atoms. The van der Waals surface area contributed by atoms with Gasteiger partial charge in [-0.05, 0) is 48.7 Å². The zero-order chi connectivity index (χ0) is 21.1. The van der Waals surface area contributed by atoms with Crippen LogP contribution in [-0.2, 0) is 13.0 Å². The molecule has 2 aromatic carbocycles. The maximum atomic E-state index is 12.6. The first kappa shape index (κ1) is 25.7. The van der Waals surface area contributed by atoms with E-state index in [1.165, 1.54) is 7.11 Å². The molecule has 0 bridgehead atoms. The summed E-state index contributed by atoms with van der Waals surface area (Å²) < 4.78 is 39.9. The number of methoxy groups -OCH3 is 2. The van der Waals surface area contributed by atoms with E-state index in [2.05, 4.69) is 20.4 Å². The van der Waals surface area contributed by atoms with Crippen LogP contribution in [0.15, 0.2) is 47.5 Å². The minimum absolute atomic E-state index is 0. The Morgan fingerprint density at radius 1 is 1.00 bits per heavy atom. The standard InChI is InChI=1S/C21H27F2N3O3.HI/c1-4-24-21(26-14-16-6-5-7-17(12-16)27-2)25-11-10-15-8-9-18(28-3)19(13-15)29-20(22)23;/h5-9,12-13,20H,4,10-11,14H2,1-3H3,(H2,24,25,26);1H. The fraction of sp³-hybridized carbons (Fsp3) is 0.381. The fourth-order valence-corrected chi connectivity index (χ4v) is 2.67. The highest BCUT2D eigenvalue weighted by atomic mass is 127. The van der Waals surface area contributed by atoms with Crippen molar-refractivity contribution in [2.45, 2.75) is 26.5 Å². The minimum atomic E-state index is -2.90. The fourth-order valence-electron chi connectivity index (χ4n) is 2.67. The molecule has 0 radical (unpaired) electrons.